The molecule has 0 unspecified atom stereocenters. The highest BCUT2D eigenvalue weighted by atomic mass is 35.5. The minimum absolute atomic E-state index is 0.0318. The average molecular weight is 293 g/mol. The van der Waals surface area contributed by atoms with Crippen molar-refractivity contribution in [3.63, 3.8) is 0 Å². The molecular formula is C12H9ClN4O3. The van der Waals surface area contributed by atoms with Crippen LogP contribution >= 0.6 is 11.6 Å². The van der Waals surface area contributed by atoms with Gasteiger partial charge in [-0.15, -0.1) is 0 Å². The molecule has 3 N–H and O–H groups in total. The van der Waals surface area contributed by atoms with Gasteiger partial charge in [0.25, 0.3) is 0 Å². The van der Waals surface area contributed by atoms with Crippen LogP contribution in [0.25, 0.3) is 0 Å². The van der Waals surface area contributed by atoms with Crippen LogP contribution in [0.4, 0.5) is 5.69 Å². The molecule has 8 heteroatoms. The van der Waals surface area contributed by atoms with E-state index in [-0.39, 0.29) is 23.2 Å². The summed E-state index contributed by atoms with van der Waals surface area (Å²) in [5, 5.41) is 18.5. The highest BCUT2D eigenvalue weighted by Gasteiger charge is 2.16. The molecule has 0 amide bonds. The molecular weight excluding hydrogens is 284 g/mol. The Morgan fingerprint density at radius 1 is 1.40 bits per heavy atom. The Bertz CT molecular complexity index is 690. The summed E-state index contributed by atoms with van der Waals surface area (Å²) in [4.78, 5) is 14.2. The number of pyridine rings is 1. The lowest BCUT2D eigenvalue weighted by molar-refractivity contribution is -0.385. The summed E-state index contributed by atoms with van der Waals surface area (Å²) in [6, 6.07) is 6.90. The van der Waals surface area contributed by atoms with Gasteiger partial charge in [0.2, 0.25) is 11.6 Å². The van der Waals surface area contributed by atoms with Crippen molar-refractivity contribution < 1.29 is 9.66 Å². The summed E-state index contributed by atoms with van der Waals surface area (Å²) >= 11 is 5.79. The van der Waals surface area contributed by atoms with Gasteiger partial charge in [0.15, 0.2) is 0 Å². The van der Waals surface area contributed by atoms with Crippen molar-refractivity contribution in [1.29, 1.82) is 5.41 Å². The molecule has 2 aromatic rings. The lowest BCUT2D eigenvalue weighted by atomic mass is 10.2. The Balaban J connectivity index is 2.39. The molecule has 1 aromatic heterocycles. The van der Waals surface area contributed by atoms with Gasteiger partial charge >= 0.3 is 5.69 Å². The molecule has 2 rings (SSSR count). The maximum absolute atomic E-state index is 10.9. The predicted molar refractivity (Wildman–Crippen MR) is 73.4 cm³/mol. The third-order valence-corrected chi connectivity index (χ3v) is 2.61. The van der Waals surface area contributed by atoms with Crippen LogP contribution in [0.5, 0.6) is 11.6 Å². The molecule has 1 heterocycles. The van der Waals surface area contributed by atoms with Crippen LogP contribution in [-0.2, 0) is 0 Å². The van der Waals surface area contributed by atoms with Crippen molar-refractivity contribution in [2.75, 3.05) is 0 Å². The number of aromatic nitrogens is 1. The number of nitrogens with zero attached hydrogens (tertiary/aromatic N) is 2. The Hall–Kier alpha value is -2.67. The van der Waals surface area contributed by atoms with Gasteiger partial charge in [-0.2, -0.15) is 0 Å². The first-order valence-electron chi connectivity index (χ1n) is 5.39. The molecule has 0 radical (unpaired) electrons. The van der Waals surface area contributed by atoms with E-state index in [1.54, 1.807) is 0 Å². The van der Waals surface area contributed by atoms with Gasteiger partial charge in [-0.3, -0.25) is 15.5 Å². The van der Waals surface area contributed by atoms with Crippen LogP contribution in [-0.4, -0.2) is 15.7 Å². The van der Waals surface area contributed by atoms with Crippen LogP contribution in [0.2, 0.25) is 5.02 Å². The number of hydrogen-bond donors (Lipinski definition) is 2. The number of halogens is 1. The molecule has 0 bridgehead atoms. The number of nitro groups is 1. The summed E-state index contributed by atoms with van der Waals surface area (Å²) in [6.07, 6.45) is 1.39. The zero-order valence-corrected chi connectivity index (χ0v) is 10.8. The Morgan fingerprint density at radius 3 is 2.80 bits per heavy atom. The fourth-order valence-electron chi connectivity index (χ4n) is 1.47. The maximum atomic E-state index is 10.9. The number of amidine groups is 1. The maximum Gasteiger partial charge on any atom is 0.311 e. The highest BCUT2D eigenvalue weighted by molar-refractivity contribution is 6.30. The smallest absolute Gasteiger partial charge is 0.311 e. The summed E-state index contributed by atoms with van der Waals surface area (Å²) in [6.45, 7) is 0. The van der Waals surface area contributed by atoms with Gasteiger partial charge < -0.3 is 10.5 Å². The number of rotatable bonds is 4. The lowest BCUT2D eigenvalue weighted by Crippen LogP contribution is -2.11. The number of nitro benzene ring substituents is 1. The van der Waals surface area contributed by atoms with Crippen molar-refractivity contribution in [3.8, 4) is 11.6 Å². The molecule has 0 atom stereocenters. The van der Waals surface area contributed by atoms with E-state index in [1.807, 2.05) is 0 Å². The lowest BCUT2D eigenvalue weighted by Gasteiger charge is -2.07. The Labute approximate surface area is 118 Å². The fraction of sp³-hybridized carbons (Fsp3) is 0. The highest BCUT2D eigenvalue weighted by Crippen LogP contribution is 2.33. The van der Waals surface area contributed by atoms with E-state index in [1.165, 1.54) is 36.5 Å². The third-order valence-electron chi connectivity index (χ3n) is 2.38. The number of nitrogens with two attached hydrogens (primary N) is 1. The Morgan fingerprint density at radius 2 is 2.15 bits per heavy atom. The van der Waals surface area contributed by atoms with Crippen molar-refractivity contribution >= 4 is 23.1 Å². The minimum atomic E-state index is -0.583. The molecule has 0 saturated carbocycles. The average Bonchev–Trinajstić information content (AvgIpc) is 2.38. The molecule has 102 valence electrons. The molecule has 0 fully saturated rings. The van der Waals surface area contributed by atoms with Crippen LogP contribution < -0.4 is 10.5 Å². The molecule has 1 aromatic carbocycles. The monoisotopic (exact) mass is 292 g/mol. The van der Waals surface area contributed by atoms with Crippen LogP contribution in [0.1, 0.15) is 5.56 Å². The molecule has 7 nitrogen and oxygen atoms in total. The molecule has 20 heavy (non-hydrogen) atoms. The number of ether oxygens (including phenoxy) is 1. The largest absolute Gasteiger partial charge is 0.432 e. The van der Waals surface area contributed by atoms with Gasteiger partial charge in [0, 0.05) is 35.0 Å². The van der Waals surface area contributed by atoms with E-state index in [9.17, 15) is 10.1 Å². The molecule has 0 spiro atoms. The standard InChI is InChI=1S/C12H9ClN4O3/c13-8-1-2-9(17(18)19)10(6-8)20-11-5-7(12(14)15)3-4-16-11/h1-6H,(H3,14,15). The number of benzene rings is 1. The number of nitrogen functional groups attached to an aromatic ring is 1. The fourth-order valence-corrected chi connectivity index (χ4v) is 1.63. The quantitative estimate of drug-likeness (QED) is 0.389. The van der Waals surface area contributed by atoms with Crippen molar-refractivity contribution in [2.45, 2.75) is 0 Å². The zero-order valence-electron chi connectivity index (χ0n) is 10.0. The minimum Gasteiger partial charge on any atom is -0.432 e. The van der Waals surface area contributed by atoms with E-state index in [2.05, 4.69) is 4.98 Å². The van der Waals surface area contributed by atoms with Crippen LogP contribution in [0.3, 0.4) is 0 Å². The van der Waals surface area contributed by atoms with E-state index in [4.69, 9.17) is 27.5 Å². The van der Waals surface area contributed by atoms with Crippen molar-refractivity contribution in [2.24, 2.45) is 5.73 Å². The van der Waals surface area contributed by atoms with Crippen LogP contribution in [0.15, 0.2) is 36.5 Å². The van der Waals surface area contributed by atoms with Crippen LogP contribution in [0, 0.1) is 15.5 Å². The van der Waals surface area contributed by atoms with Gasteiger partial charge in [-0.05, 0) is 12.1 Å². The number of nitrogens with one attached hydrogen (secondary N) is 1. The summed E-state index contributed by atoms with van der Waals surface area (Å²) in [5.41, 5.74) is 5.52. The first kappa shape index (κ1) is 13.8. The third kappa shape index (κ3) is 3.01. The van der Waals surface area contributed by atoms with Crippen molar-refractivity contribution in [1.82, 2.24) is 4.98 Å². The molecule has 0 aliphatic rings. The first-order chi connectivity index (χ1) is 9.47. The second kappa shape index (κ2) is 5.54. The second-order valence-corrected chi connectivity index (χ2v) is 4.20. The van der Waals surface area contributed by atoms with Crippen molar-refractivity contribution in [3.05, 3.63) is 57.2 Å². The summed E-state index contributed by atoms with van der Waals surface area (Å²) in [7, 11) is 0. The molecule has 0 aliphatic heterocycles. The number of hydrogen-bond acceptors (Lipinski definition) is 5. The van der Waals surface area contributed by atoms with E-state index >= 15 is 0 Å². The van der Waals surface area contributed by atoms with E-state index < -0.39 is 4.92 Å². The topological polar surface area (TPSA) is 115 Å². The first-order valence-corrected chi connectivity index (χ1v) is 5.77. The van der Waals surface area contributed by atoms with Gasteiger partial charge in [-0.25, -0.2) is 4.98 Å². The zero-order chi connectivity index (χ0) is 14.7. The Kier molecular flexibility index (Phi) is 3.81. The van der Waals surface area contributed by atoms with Gasteiger partial charge in [-0.1, -0.05) is 11.6 Å². The second-order valence-electron chi connectivity index (χ2n) is 3.77. The van der Waals surface area contributed by atoms with E-state index in [0.29, 0.717) is 10.6 Å². The summed E-state index contributed by atoms with van der Waals surface area (Å²) < 4.78 is 5.35. The van der Waals surface area contributed by atoms with Gasteiger partial charge in [0.1, 0.15) is 5.84 Å². The van der Waals surface area contributed by atoms with E-state index in [0.717, 1.165) is 0 Å². The summed E-state index contributed by atoms with van der Waals surface area (Å²) in [5.74, 6) is -0.100. The predicted octanol–water partition coefficient (Wildman–Crippen LogP) is 2.72. The normalized spacial score (nSPS) is 10.1. The molecule has 0 aliphatic carbocycles. The van der Waals surface area contributed by atoms with Gasteiger partial charge in [0.05, 0.1) is 4.92 Å². The SMILES string of the molecule is N=C(N)c1ccnc(Oc2cc(Cl)ccc2[N+](=O)[O-])c1. The molecule has 0 saturated heterocycles.